The average molecular weight is 263 g/mol. The summed E-state index contributed by atoms with van der Waals surface area (Å²) in [6, 6.07) is 4.32. The molecule has 0 atom stereocenters. The summed E-state index contributed by atoms with van der Waals surface area (Å²) in [5.41, 5.74) is 4.25. The summed E-state index contributed by atoms with van der Waals surface area (Å²) in [7, 11) is 1.45. The van der Waals surface area contributed by atoms with Crippen LogP contribution in [0, 0.1) is 0 Å². The first kappa shape index (κ1) is 15.7. The number of benzene rings is 1. The SMILES string of the molecule is CC(C)c1cc(C(C)C)c(C(=O)O[13CH3])c(C(C)C)c1. The third kappa shape index (κ3) is 3.37. The van der Waals surface area contributed by atoms with E-state index in [0.29, 0.717) is 17.8 Å². The number of ether oxygens (including phenoxy) is 1. The number of rotatable bonds is 4. The highest BCUT2D eigenvalue weighted by Gasteiger charge is 2.22. The second kappa shape index (κ2) is 6.23. The van der Waals surface area contributed by atoms with Gasteiger partial charge in [-0.3, -0.25) is 0 Å². The number of hydrogen-bond donors (Lipinski definition) is 0. The zero-order valence-electron chi connectivity index (χ0n) is 13.2. The summed E-state index contributed by atoms with van der Waals surface area (Å²) in [5, 5.41) is 0. The van der Waals surface area contributed by atoms with Crippen molar-refractivity contribution in [1.29, 1.82) is 0 Å². The Morgan fingerprint density at radius 1 is 0.895 bits per heavy atom. The predicted octanol–water partition coefficient (Wildman–Crippen LogP) is 4.84. The van der Waals surface area contributed by atoms with Crippen LogP contribution < -0.4 is 0 Å². The predicted molar refractivity (Wildman–Crippen MR) is 80.0 cm³/mol. The number of methoxy groups -OCH3 is 1. The van der Waals surface area contributed by atoms with Gasteiger partial charge in [-0.1, -0.05) is 53.7 Å². The van der Waals surface area contributed by atoms with Gasteiger partial charge in [0.1, 0.15) is 0 Å². The molecular weight excluding hydrogens is 237 g/mol. The first-order valence-corrected chi connectivity index (χ1v) is 7.05. The van der Waals surface area contributed by atoms with E-state index < -0.39 is 0 Å². The molecule has 0 saturated carbocycles. The van der Waals surface area contributed by atoms with E-state index in [9.17, 15) is 4.79 Å². The molecule has 0 saturated heterocycles. The van der Waals surface area contributed by atoms with E-state index in [4.69, 9.17) is 4.74 Å². The van der Waals surface area contributed by atoms with Crippen molar-refractivity contribution in [3.8, 4) is 0 Å². The first-order chi connectivity index (χ1) is 8.79. The van der Waals surface area contributed by atoms with Gasteiger partial charge >= 0.3 is 5.97 Å². The Kier molecular flexibility index (Phi) is 5.16. The monoisotopic (exact) mass is 263 g/mol. The first-order valence-electron chi connectivity index (χ1n) is 7.05. The van der Waals surface area contributed by atoms with Crippen molar-refractivity contribution in [2.75, 3.05) is 7.11 Å². The highest BCUT2D eigenvalue weighted by Crippen LogP contribution is 2.32. The van der Waals surface area contributed by atoms with E-state index in [1.165, 1.54) is 12.7 Å². The maximum absolute atomic E-state index is 12.1. The van der Waals surface area contributed by atoms with Crippen LogP contribution >= 0.6 is 0 Å². The Balaban J connectivity index is 3.60. The van der Waals surface area contributed by atoms with Crippen LogP contribution in [0.25, 0.3) is 0 Å². The smallest absolute Gasteiger partial charge is 0.338 e. The molecule has 2 heteroatoms. The van der Waals surface area contributed by atoms with Crippen LogP contribution in [0.2, 0.25) is 0 Å². The molecule has 0 fully saturated rings. The van der Waals surface area contributed by atoms with Crippen molar-refractivity contribution in [3.63, 3.8) is 0 Å². The minimum atomic E-state index is -0.220. The summed E-state index contributed by atoms with van der Waals surface area (Å²) < 4.78 is 4.98. The fourth-order valence-electron chi connectivity index (χ4n) is 2.29. The molecule has 1 aromatic carbocycles. The second-order valence-corrected chi connectivity index (χ2v) is 6.03. The molecule has 1 rings (SSSR count). The van der Waals surface area contributed by atoms with Gasteiger partial charge in [0.2, 0.25) is 0 Å². The second-order valence-electron chi connectivity index (χ2n) is 6.03. The van der Waals surface area contributed by atoms with Gasteiger partial charge in [-0.2, -0.15) is 0 Å². The van der Waals surface area contributed by atoms with Gasteiger partial charge in [0.05, 0.1) is 12.7 Å². The summed E-state index contributed by atoms with van der Waals surface area (Å²) in [6.45, 7) is 12.8. The molecule has 0 bridgehead atoms. The largest absolute Gasteiger partial charge is 0.465 e. The standard InChI is InChI=1S/C17H26O2/c1-10(2)13-8-14(11(3)4)16(17(18)19-7)15(9-13)12(5)6/h8-12H,1-7H3/i7+1. The van der Waals surface area contributed by atoms with Gasteiger partial charge in [-0.25, -0.2) is 4.79 Å². The Labute approximate surface area is 117 Å². The summed E-state index contributed by atoms with van der Waals surface area (Å²) >= 11 is 0. The van der Waals surface area contributed by atoms with Crippen molar-refractivity contribution in [3.05, 3.63) is 34.4 Å². The van der Waals surface area contributed by atoms with Crippen molar-refractivity contribution < 1.29 is 9.53 Å². The van der Waals surface area contributed by atoms with Crippen LogP contribution in [-0.2, 0) is 4.74 Å². The zero-order valence-corrected chi connectivity index (χ0v) is 13.2. The molecule has 106 valence electrons. The molecule has 0 aliphatic carbocycles. The molecule has 0 radical (unpaired) electrons. The molecule has 0 unspecified atom stereocenters. The molecule has 2 nitrogen and oxygen atoms in total. The zero-order chi connectivity index (χ0) is 14.7. The van der Waals surface area contributed by atoms with E-state index in [1.54, 1.807) is 0 Å². The Morgan fingerprint density at radius 3 is 1.58 bits per heavy atom. The van der Waals surface area contributed by atoms with Gasteiger partial charge in [0.25, 0.3) is 0 Å². The van der Waals surface area contributed by atoms with Crippen LogP contribution in [0.1, 0.15) is 86.3 Å². The molecule has 0 N–H and O–H groups in total. The number of carbonyl (C=O) groups excluding carboxylic acids is 1. The third-order valence-corrected chi connectivity index (χ3v) is 3.52. The van der Waals surface area contributed by atoms with E-state index in [-0.39, 0.29) is 5.97 Å². The van der Waals surface area contributed by atoms with Crippen LogP contribution in [0.5, 0.6) is 0 Å². The van der Waals surface area contributed by atoms with Gasteiger partial charge in [-0.05, 0) is 34.4 Å². The number of esters is 1. The van der Waals surface area contributed by atoms with E-state index >= 15 is 0 Å². The van der Waals surface area contributed by atoms with Gasteiger partial charge in [-0.15, -0.1) is 0 Å². The highest BCUT2D eigenvalue weighted by molar-refractivity contribution is 5.93. The van der Waals surface area contributed by atoms with E-state index in [2.05, 4.69) is 53.7 Å². The molecule has 0 amide bonds. The molecule has 19 heavy (non-hydrogen) atoms. The minimum absolute atomic E-state index is 0.220. The lowest BCUT2D eigenvalue weighted by Gasteiger charge is -2.21. The van der Waals surface area contributed by atoms with Gasteiger partial charge in [0.15, 0.2) is 0 Å². The van der Waals surface area contributed by atoms with Crippen LogP contribution in [0.15, 0.2) is 12.1 Å². The number of carbonyl (C=O) groups is 1. The lowest BCUT2D eigenvalue weighted by molar-refractivity contribution is 0.0597. The molecule has 0 aliphatic heterocycles. The molecule has 0 aromatic heterocycles. The van der Waals surface area contributed by atoms with Crippen LogP contribution in [0.3, 0.4) is 0 Å². The normalized spacial score (nSPS) is 11.5. The Morgan fingerprint density at radius 2 is 1.32 bits per heavy atom. The van der Waals surface area contributed by atoms with Crippen molar-refractivity contribution in [2.45, 2.75) is 59.3 Å². The van der Waals surface area contributed by atoms with Crippen molar-refractivity contribution >= 4 is 5.97 Å². The maximum atomic E-state index is 12.1. The minimum Gasteiger partial charge on any atom is -0.465 e. The average Bonchev–Trinajstić information content (AvgIpc) is 2.35. The molecule has 0 spiro atoms. The quantitative estimate of drug-likeness (QED) is 0.573. The summed E-state index contributed by atoms with van der Waals surface area (Å²) in [5.74, 6) is 0.861. The molecule has 0 heterocycles. The summed E-state index contributed by atoms with van der Waals surface area (Å²) in [4.78, 5) is 12.1. The summed E-state index contributed by atoms with van der Waals surface area (Å²) in [6.07, 6.45) is 0. The topological polar surface area (TPSA) is 26.3 Å². The van der Waals surface area contributed by atoms with Gasteiger partial charge in [0, 0.05) is 0 Å². The van der Waals surface area contributed by atoms with Crippen molar-refractivity contribution in [2.24, 2.45) is 0 Å². The third-order valence-electron chi connectivity index (χ3n) is 3.52. The highest BCUT2D eigenvalue weighted by atomic mass is 16.6. The Hall–Kier alpha value is -1.31. The van der Waals surface area contributed by atoms with Crippen LogP contribution in [0.4, 0.5) is 0 Å². The lowest BCUT2D eigenvalue weighted by Crippen LogP contribution is -2.13. The molecule has 1 aromatic rings. The molecule has 0 aliphatic rings. The molecular formula is C17H26O2. The van der Waals surface area contributed by atoms with E-state index in [1.807, 2.05) is 0 Å². The maximum Gasteiger partial charge on any atom is 0.338 e. The van der Waals surface area contributed by atoms with Gasteiger partial charge < -0.3 is 4.74 Å². The fraction of sp³-hybridized carbons (Fsp3) is 0.588. The Bertz CT molecular complexity index is 427. The van der Waals surface area contributed by atoms with Crippen molar-refractivity contribution in [1.82, 2.24) is 0 Å². The van der Waals surface area contributed by atoms with E-state index in [0.717, 1.165) is 16.7 Å². The number of hydrogen-bond acceptors (Lipinski definition) is 2. The van der Waals surface area contributed by atoms with Crippen LogP contribution in [-0.4, -0.2) is 13.1 Å². The lowest BCUT2D eigenvalue weighted by atomic mass is 9.84. The fourth-order valence-corrected chi connectivity index (χ4v) is 2.29.